The second-order valence-corrected chi connectivity index (χ2v) is 6.50. The van der Waals surface area contributed by atoms with Gasteiger partial charge in [-0.05, 0) is 72.7 Å². The molecule has 5 nitrogen and oxygen atoms in total. The Hall–Kier alpha value is -1.99. The Labute approximate surface area is 147 Å². The van der Waals surface area contributed by atoms with Gasteiger partial charge in [0.25, 0.3) is 0 Å². The number of aromatic nitrogens is 2. The maximum Gasteiger partial charge on any atom is 0.244 e. The van der Waals surface area contributed by atoms with Crippen molar-refractivity contribution in [3.05, 3.63) is 58.0 Å². The zero-order valence-electron chi connectivity index (χ0n) is 13.6. The smallest absolute Gasteiger partial charge is 0.244 e. The zero-order valence-corrected chi connectivity index (χ0v) is 15.2. The van der Waals surface area contributed by atoms with Crippen LogP contribution in [-0.2, 0) is 6.54 Å². The minimum Gasteiger partial charge on any atom is -0.453 e. The molecule has 7 heteroatoms. The van der Waals surface area contributed by atoms with Crippen LogP contribution < -0.4 is 0 Å². The van der Waals surface area contributed by atoms with Gasteiger partial charge in [0.15, 0.2) is 4.67 Å². The summed E-state index contributed by atoms with van der Waals surface area (Å²) in [4.78, 5) is 6.48. The SMILES string of the molecule is Cc1cc(-c2noc(C(C)N(C)Cc3ccc(Br)o3)n2)ccc1F. The highest BCUT2D eigenvalue weighted by atomic mass is 79.9. The highest BCUT2D eigenvalue weighted by Crippen LogP contribution is 2.25. The van der Waals surface area contributed by atoms with Gasteiger partial charge in [0, 0.05) is 5.56 Å². The van der Waals surface area contributed by atoms with E-state index in [1.165, 1.54) is 6.07 Å². The maximum absolute atomic E-state index is 13.4. The molecule has 2 heterocycles. The van der Waals surface area contributed by atoms with Gasteiger partial charge in [-0.15, -0.1) is 0 Å². The highest BCUT2D eigenvalue weighted by Gasteiger charge is 2.20. The van der Waals surface area contributed by atoms with Gasteiger partial charge in [-0.2, -0.15) is 4.98 Å². The largest absolute Gasteiger partial charge is 0.453 e. The van der Waals surface area contributed by atoms with E-state index < -0.39 is 0 Å². The first-order chi connectivity index (χ1) is 11.4. The average molecular weight is 394 g/mol. The van der Waals surface area contributed by atoms with Crippen LogP contribution in [0.4, 0.5) is 4.39 Å². The van der Waals surface area contributed by atoms with Crippen LogP contribution in [0.25, 0.3) is 11.4 Å². The first-order valence-electron chi connectivity index (χ1n) is 7.48. The predicted molar refractivity (Wildman–Crippen MR) is 90.7 cm³/mol. The molecule has 0 fully saturated rings. The predicted octanol–water partition coefficient (Wildman–Crippen LogP) is 4.73. The molecule has 0 N–H and O–H groups in total. The number of nitrogens with zero attached hydrogens (tertiary/aromatic N) is 3. The molecule has 0 radical (unpaired) electrons. The highest BCUT2D eigenvalue weighted by molar-refractivity contribution is 9.10. The summed E-state index contributed by atoms with van der Waals surface area (Å²) in [6.07, 6.45) is 0. The summed E-state index contributed by atoms with van der Waals surface area (Å²) in [5.41, 5.74) is 1.28. The summed E-state index contributed by atoms with van der Waals surface area (Å²) >= 11 is 3.29. The summed E-state index contributed by atoms with van der Waals surface area (Å²) in [6.45, 7) is 4.29. The maximum atomic E-state index is 13.4. The molecule has 3 aromatic rings. The molecule has 1 unspecified atom stereocenters. The van der Waals surface area contributed by atoms with E-state index in [2.05, 4.69) is 26.1 Å². The number of hydrogen-bond donors (Lipinski definition) is 0. The Morgan fingerprint density at radius 3 is 2.75 bits per heavy atom. The van der Waals surface area contributed by atoms with Crippen LogP contribution in [0, 0.1) is 12.7 Å². The summed E-state index contributed by atoms with van der Waals surface area (Å²) < 4.78 is 25.0. The van der Waals surface area contributed by atoms with Gasteiger partial charge >= 0.3 is 0 Å². The number of furan rings is 1. The summed E-state index contributed by atoms with van der Waals surface area (Å²) in [5, 5.41) is 4.01. The van der Waals surface area contributed by atoms with E-state index in [4.69, 9.17) is 8.94 Å². The number of rotatable bonds is 5. The van der Waals surface area contributed by atoms with Crippen molar-refractivity contribution in [3.63, 3.8) is 0 Å². The Kier molecular flexibility index (Phi) is 4.82. The number of hydrogen-bond acceptors (Lipinski definition) is 5. The third-order valence-electron chi connectivity index (χ3n) is 3.91. The minimum absolute atomic E-state index is 0.0864. The van der Waals surface area contributed by atoms with E-state index in [0.717, 1.165) is 11.3 Å². The molecule has 0 spiro atoms. The van der Waals surface area contributed by atoms with Gasteiger partial charge in [-0.25, -0.2) is 4.39 Å². The molecule has 1 atom stereocenters. The second kappa shape index (κ2) is 6.86. The Balaban J connectivity index is 1.75. The van der Waals surface area contributed by atoms with Crippen molar-refractivity contribution in [2.45, 2.75) is 26.4 Å². The second-order valence-electron chi connectivity index (χ2n) is 5.72. The molecule has 0 aliphatic rings. The van der Waals surface area contributed by atoms with Crippen molar-refractivity contribution >= 4 is 15.9 Å². The lowest BCUT2D eigenvalue weighted by Crippen LogP contribution is -2.21. The average Bonchev–Trinajstić information content (AvgIpc) is 3.18. The normalized spacial score (nSPS) is 12.8. The van der Waals surface area contributed by atoms with E-state index in [1.54, 1.807) is 19.1 Å². The van der Waals surface area contributed by atoms with Crippen molar-refractivity contribution < 1.29 is 13.3 Å². The Bertz CT molecular complexity index is 846. The standard InChI is InChI=1S/C17H17BrFN3O2/c1-10-8-12(4-6-14(10)19)16-20-17(24-21-16)11(2)22(3)9-13-5-7-15(18)23-13/h4-8,11H,9H2,1-3H3. The van der Waals surface area contributed by atoms with Crippen molar-refractivity contribution in [2.24, 2.45) is 0 Å². The molecule has 0 saturated heterocycles. The fourth-order valence-corrected chi connectivity index (χ4v) is 2.65. The molecule has 24 heavy (non-hydrogen) atoms. The van der Waals surface area contributed by atoms with E-state index >= 15 is 0 Å². The van der Waals surface area contributed by atoms with E-state index in [-0.39, 0.29) is 11.9 Å². The zero-order chi connectivity index (χ0) is 17.3. The van der Waals surface area contributed by atoms with Gasteiger partial charge in [0.2, 0.25) is 11.7 Å². The first kappa shape index (κ1) is 16.9. The van der Waals surface area contributed by atoms with Crippen LogP contribution in [0.2, 0.25) is 0 Å². The molecule has 0 bridgehead atoms. The van der Waals surface area contributed by atoms with Gasteiger partial charge in [-0.1, -0.05) is 5.16 Å². The first-order valence-corrected chi connectivity index (χ1v) is 8.28. The third kappa shape index (κ3) is 3.57. The van der Waals surface area contributed by atoms with Crippen molar-refractivity contribution in [1.29, 1.82) is 0 Å². The molecular weight excluding hydrogens is 377 g/mol. The van der Waals surface area contributed by atoms with Crippen molar-refractivity contribution in [3.8, 4) is 11.4 Å². The molecule has 126 valence electrons. The lowest BCUT2D eigenvalue weighted by atomic mass is 10.1. The minimum atomic E-state index is -0.250. The third-order valence-corrected chi connectivity index (χ3v) is 4.34. The molecule has 0 aliphatic heterocycles. The molecule has 1 aromatic carbocycles. The van der Waals surface area contributed by atoms with E-state index in [1.807, 2.05) is 31.0 Å². The molecule has 0 aliphatic carbocycles. The molecular formula is C17H17BrFN3O2. The molecule has 0 amide bonds. The fraction of sp³-hybridized carbons (Fsp3) is 0.294. The Morgan fingerprint density at radius 1 is 1.29 bits per heavy atom. The van der Waals surface area contributed by atoms with Gasteiger partial charge in [0.1, 0.15) is 11.6 Å². The van der Waals surface area contributed by atoms with Crippen molar-refractivity contribution in [2.75, 3.05) is 7.05 Å². The van der Waals surface area contributed by atoms with Crippen molar-refractivity contribution in [1.82, 2.24) is 15.0 Å². The van der Waals surface area contributed by atoms with Crippen LogP contribution in [-0.4, -0.2) is 22.1 Å². The molecule has 0 saturated carbocycles. The van der Waals surface area contributed by atoms with E-state index in [9.17, 15) is 4.39 Å². The van der Waals surface area contributed by atoms with E-state index in [0.29, 0.717) is 28.5 Å². The van der Waals surface area contributed by atoms with Crippen LogP contribution in [0.3, 0.4) is 0 Å². The number of aryl methyl sites for hydroxylation is 1. The van der Waals surface area contributed by atoms with Crippen LogP contribution in [0.5, 0.6) is 0 Å². The fourth-order valence-electron chi connectivity index (χ4n) is 2.31. The molecule has 3 rings (SSSR count). The van der Waals surface area contributed by atoms with Gasteiger partial charge in [0.05, 0.1) is 12.6 Å². The lowest BCUT2D eigenvalue weighted by Gasteiger charge is -2.20. The topological polar surface area (TPSA) is 55.3 Å². The van der Waals surface area contributed by atoms with Gasteiger partial charge < -0.3 is 8.94 Å². The monoisotopic (exact) mass is 393 g/mol. The molecule has 2 aromatic heterocycles. The Morgan fingerprint density at radius 2 is 2.08 bits per heavy atom. The summed E-state index contributed by atoms with van der Waals surface area (Å²) in [7, 11) is 1.95. The lowest BCUT2D eigenvalue weighted by molar-refractivity contribution is 0.189. The van der Waals surface area contributed by atoms with Crippen LogP contribution >= 0.6 is 15.9 Å². The summed E-state index contributed by atoms with van der Waals surface area (Å²) in [6, 6.07) is 8.44. The van der Waals surface area contributed by atoms with Crippen LogP contribution in [0.15, 0.2) is 43.9 Å². The van der Waals surface area contributed by atoms with Gasteiger partial charge in [-0.3, -0.25) is 4.90 Å². The van der Waals surface area contributed by atoms with Crippen LogP contribution in [0.1, 0.15) is 30.2 Å². The number of benzene rings is 1. The quantitative estimate of drug-likeness (QED) is 0.626. The number of halogens is 2. The summed E-state index contributed by atoms with van der Waals surface area (Å²) in [5.74, 6) is 1.54.